The summed E-state index contributed by atoms with van der Waals surface area (Å²) in [7, 11) is 3.78. The van der Waals surface area contributed by atoms with E-state index in [1.165, 1.54) is 0 Å². The van der Waals surface area contributed by atoms with E-state index < -0.39 is 0 Å². The van der Waals surface area contributed by atoms with Crippen LogP contribution in [0.3, 0.4) is 0 Å². The lowest BCUT2D eigenvalue weighted by molar-refractivity contribution is 0.248. The quantitative estimate of drug-likeness (QED) is 0.863. The summed E-state index contributed by atoms with van der Waals surface area (Å²) in [4.78, 5) is 11.2. The van der Waals surface area contributed by atoms with Crippen molar-refractivity contribution in [2.24, 2.45) is 0 Å². The Bertz CT molecular complexity index is 618. The highest BCUT2D eigenvalue weighted by atomic mass is 16.5. The summed E-state index contributed by atoms with van der Waals surface area (Å²) in [6.07, 6.45) is 3.90. The molecule has 2 aromatic heterocycles. The third-order valence-corrected chi connectivity index (χ3v) is 4.02. The average molecular weight is 288 g/mol. The first-order valence-electron chi connectivity index (χ1n) is 7.20. The maximum Gasteiger partial charge on any atom is 0.276 e. The number of ether oxygens (including phenoxy) is 1. The Balaban J connectivity index is 1.81. The number of piperidine rings is 1. The maximum absolute atomic E-state index is 5.38. The number of hydrogen-bond acceptors (Lipinski definition) is 6. The van der Waals surface area contributed by atoms with E-state index in [1.54, 1.807) is 13.3 Å². The number of hydrogen-bond donors (Lipinski definition) is 0. The molecule has 112 valence electrons. The molecule has 1 aliphatic heterocycles. The smallest absolute Gasteiger partial charge is 0.276 e. The van der Waals surface area contributed by atoms with Gasteiger partial charge in [0.15, 0.2) is 5.82 Å². The molecule has 6 nitrogen and oxygen atoms in total. The van der Waals surface area contributed by atoms with Crippen molar-refractivity contribution in [3.8, 4) is 17.3 Å². The van der Waals surface area contributed by atoms with Gasteiger partial charge in [-0.15, -0.1) is 0 Å². The number of likely N-dealkylation sites (tertiary alicyclic amines) is 1. The van der Waals surface area contributed by atoms with Crippen molar-refractivity contribution in [2.75, 3.05) is 27.2 Å². The van der Waals surface area contributed by atoms with Crippen molar-refractivity contribution in [1.82, 2.24) is 20.0 Å². The molecule has 1 fully saturated rings. The molecular weight excluding hydrogens is 268 g/mol. The van der Waals surface area contributed by atoms with Crippen molar-refractivity contribution < 1.29 is 9.26 Å². The van der Waals surface area contributed by atoms with E-state index in [-0.39, 0.29) is 0 Å². The first-order chi connectivity index (χ1) is 10.2. The summed E-state index contributed by atoms with van der Waals surface area (Å²) in [6, 6.07) is 1.83. The monoisotopic (exact) mass is 288 g/mol. The lowest BCUT2D eigenvalue weighted by Gasteiger charge is -2.26. The highest BCUT2D eigenvalue weighted by Gasteiger charge is 2.23. The fraction of sp³-hybridized carbons (Fsp3) is 0.533. The van der Waals surface area contributed by atoms with E-state index in [0.717, 1.165) is 43.1 Å². The van der Waals surface area contributed by atoms with Gasteiger partial charge in [0.2, 0.25) is 0 Å². The molecule has 3 rings (SSSR count). The lowest BCUT2D eigenvalue weighted by atomic mass is 9.97. The minimum atomic E-state index is 0.381. The number of pyridine rings is 1. The highest BCUT2D eigenvalue weighted by molar-refractivity contribution is 5.51. The van der Waals surface area contributed by atoms with Gasteiger partial charge in [0.25, 0.3) is 5.89 Å². The van der Waals surface area contributed by atoms with Crippen molar-refractivity contribution >= 4 is 0 Å². The second-order valence-corrected chi connectivity index (χ2v) is 5.57. The van der Waals surface area contributed by atoms with E-state index in [1.807, 2.05) is 13.0 Å². The molecule has 6 heteroatoms. The van der Waals surface area contributed by atoms with Gasteiger partial charge in [0.05, 0.1) is 7.11 Å². The van der Waals surface area contributed by atoms with Gasteiger partial charge in [0.1, 0.15) is 11.4 Å². The van der Waals surface area contributed by atoms with Crippen LogP contribution < -0.4 is 4.74 Å². The van der Waals surface area contributed by atoms with Crippen LogP contribution in [0.4, 0.5) is 0 Å². The molecule has 0 amide bonds. The van der Waals surface area contributed by atoms with Gasteiger partial charge in [-0.2, -0.15) is 4.98 Å². The van der Waals surface area contributed by atoms with Crippen LogP contribution in [-0.2, 0) is 0 Å². The molecule has 0 N–H and O–H groups in total. The molecule has 3 heterocycles. The third-order valence-electron chi connectivity index (χ3n) is 4.02. The van der Waals surface area contributed by atoms with Crippen molar-refractivity contribution in [3.63, 3.8) is 0 Å². The highest BCUT2D eigenvalue weighted by Crippen LogP contribution is 2.28. The van der Waals surface area contributed by atoms with E-state index in [4.69, 9.17) is 9.26 Å². The molecule has 0 spiro atoms. The van der Waals surface area contributed by atoms with Crippen molar-refractivity contribution in [1.29, 1.82) is 0 Å². The summed E-state index contributed by atoms with van der Waals surface area (Å²) in [5.41, 5.74) is 1.64. The third kappa shape index (κ3) is 2.90. The number of aromatic nitrogens is 3. The minimum absolute atomic E-state index is 0.381. The van der Waals surface area contributed by atoms with E-state index in [0.29, 0.717) is 17.5 Å². The topological polar surface area (TPSA) is 64.3 Å². The molecule has 2 aromatic rings. The Labute approximate surface area is 124 Å². The van der Waals surface area contributed by atoms with Gasteiger partial charge in [0, 0.05) is 23.7 Å². The lowest BCUT2D eigenvalue weighted by Crippen LogP contribution is -2.29. The predicted molar refractivity (Wildman–Crippen MR) is 78.3 cm³/mol. The summed E-state index contributed by atoms with van der Waals surface area (Å²) in [5, 5.41) is 4.13. The number of nitrogens with zero attached hydrogens (tertiary/aromatic N) is 4. The van der Waals surface area contributed by atoms with Crippen LogP contribution in [0.2, 0.25) is 0 Å². The molecule has 0 bridgehead atoms. The molecular formula is C15H20N4O2. The zero-order chi connectivity index (χ0) is 14.8. The normalized spacial score (nSPS) is 17.1. The summed E-state index contributed by atoms with van der Waals surface area (Å²) in [5.74, 6) is 2.41. The fourth-order valence-electron chi connectivity index (χ4n) is 2.61. The molecule has 0 aliphatic carbocycles. The zero-order valence-electron chi connectivity index (χ0n) is 12.7. The molecule has 21 heavy (non-hydrogen) atoms. The Morgan fingerprint density at radius 3 is 2.81 bits per heavy atom. The van der Waals surface area contributed by atoms with E-state index in [2.05, 4.69) is 27.1 Å². The second-order valence-electron chi connectivity index (χ2n) is 5.57. The van der Waals surface area contributed by atoms with Crippen LogP contribution in [0.25, 0.3) is 11.6 Å². The first-order valence-corrected chi connectivity index (χ1v) is 7.20. The summed E-state index contributed by atoms with van der Waals surface area (Å²) < 4.78 is 10.7. The van der Waals surface area contributed by atoms with Crippen LogP contribution in [-0.4, -0.2) is 47.3 Å². The van der Waals surface area contributed by atoms with E-state index in [9.17, 15) is 0 Å². The number of aryl methyl sites for hydroxylation is 1. The molecule has 0 atom stereocenters. The maximum atomic E-state index is 5.38. The SMILES string of the molecule is COc1cc(-c2nc(C3CCN(C)CC3)no2)ncc1C. The molecule has 1 saturated heterocycles. The van der Waals surface area contributed by atoms with Crippen LogP contribution in [0.5, 0.6) is 5.75 Å². The van der Waals surface area contributed by atoms with Crippen molar-refractivity contribution in [3.05, 3.63) is 23.7 Å². The van der Waals surface area contributed by atoms with Crippen LogP contribution >= 0.6 is 0 Å². The van der Waals surface area contributed by atoms with E-state index >= 15 is 0 Å². The Morgan fingerprint density at radius 1 is 1.33 bits per heavy atom. The standard InChI is InChI=1S/C15H20N4O2/c1-10-9-16-12(8-13(10)20-3)15-17-14(18-21-15)11-4-6-19(2)7-5-11/h8-9,11H,4-7H2,1-3H3. The van der Waals surface area contributed by atoms with Gasteiger partial charge in [-0.25, -0.2) is 0 Å². The van der Waals surface area contributed by atoms with Crippen LogP contribution in [0.1, 0.15) is 30.1 Å². The Kier molecular flexibility index (Phi) is 3.88. The Morgan fingerprint density at radius 2 is 2.10 bits per heavy atom. The van der Waals surface area contributed by atoms with Gasteiger partial charge < -0.3 is 14.2 Å². The molecule has 0 saturated carbocycles. The predicted octanol–water partition coefficient (Wildman–Crippen LogP) is 2.26. The summed E-state index contributed by atoms with van der Waals surface area (Å²) >= 11 is 0. The van der Waals surface area contributed by atoms with Crippen molar-refractivity contribution in [2.45, 2.75) is 25.7 Å². The Hall–Kier alpha value is -1.95. The zero-order valence-corrected chi connectivity index (χ0v) is 12.7. The largest absolute Gasteiger partial charge is 0.496 e. The van der Waals surface area contributed by atoms with Gasteiger partial charge >= 0.3 is 0 Å². The van der Waals surface area contributed by atoms with Crippen LogP contribution in [0, 0.1) is 6.92 Å². The fourth-order valence-corrected chi connectivity index (χ4v) is 2.61. The summed E-state index contributed by atoms with van der Waals surface area (Å²) in [6.45, 7) is 4.10. The first kappa shape index (κ1) is 14.0. The van der Waals surface area contributed by atoms with Gasteiger partial charge in [-0.3, -0.25) is 4.98 Å². The number of rotatable bonds is 3. The van der Waals surface area contributed by atoms with Crippen LogP contribution in [0.15, 0.2) is 16.8 Å². The minimum Gasteiger partial charge on any atom is -0.496 e. The molecule has 0 aromatic carbocycles. The average Bonchev–Trinajstić information content (AvgIpc) is 2.98. The molecule has 0 unspecified atom stereocenters. The second kappa shape index (κ2) is 5.81. The van der Waals surface area contributed by atoms with Gasteiger partial charge in [-0.1, -0.05) is 5.16 Å². The molecule has 1 aliphatic rings. The molecule has 0 radical (unpaired) electrons. The van der Waals surface area contributed by atoms with Gasteiger partial charge in [-0.05, 0) is 39.9 Å². The number of methoxy groups -OCH3 is 1.